The molecule has 0 aliphatic heterocycles. The second-order valence-corrected chi connectivity index (χ2v) is 3.73. The maximum Gasteiger partial charge on any atom is 0.135 e. The lowest BCUT2D eigenvalue weighted by atomic mass is 10.3. The van der Waals surface area contributed by atoms with Crippen molar-refractivity contribution in [1.29, 1.82) is 0 Å². The second kappa shape index (κ2) is 3.42. The minimum Gasteiger partial charge on any atom is -0.383 e. The third-order valence-electron chi connectivity index (χ3n) is 1.91. The van der Waals surface area contributed by atoms with E-state index < -0.39 is 0 Å². The molecule has 0 saturated heterocycles. The molecule has 0 radical (unpaired) electrons. The average Bonchev–Trinajstić information content (AvgIpc) is 2.17. The highest BCUT2D eigenvalue weighted by atomic mass is 32.2. The highest BCUT2D eigenvalue weighted by Gasteiger charge is 2.03. The van der Waals surface area contributed by atoms with Crippen LogP contribution in [0.1, 0.15) is 5.82 Å². The number of rotatable bonds is 1. The van der Waals surface area contributed by atoms with Crippen LogP contribution in [0.4, 0.5) is 5.82 Å². The largest absolute Gasteiger partial charge is 0.383 e. The molecular weight excluding hydrogens is 196 g/mol. The van der Waals surface area contributed by atoms with Gasteiger partial charge in [0.2, 0.25) is 0 Å². The molecule has 14 heavy (non-hydrogen) atoms. The van der Waals surface area contributed by atoms with Gasteiger partial charge >= 0.3 is 0 Å². The summed E-state index contributed by atoms with van der Waals surface area (Å²) in [5.41, 5.74) is 6.59. The van der Waals surface area contributed by atoms with Gasteiger partial charge in [0, 0.05) is 5.39 Å². The molecule has 0 unspecified atom stereocenters. The summed E-state index contributed by atoms with van der Waals surface area (Å²) in [5, 5.41) is 1.80. The molecule has 0 amide bonds. The van der Waals surface area contributed by atoms with E-state index >= 15 is 0 Å². The van der Waals surface area contributed by atoms with Crippen molar-refractivity contribution in [1.82, 2.24) is 15.0 Å². The van der Waals surface area contributed by atoms with Gasteiger partial charge in [0.1, 0.15) is 11.6 Å². The number of nitrogen functional groups attached to an aromatic ring is 1. The first-order valence-corrected chi connectivity index (χ1v) is 5.37. The summed E-state index contributed by atoms with van der Waals surface area (Å²) in [4.78, 5) is 12.6. The fraction of sp³-hybridized carbons (Fsp3) is 0.222. The fourth-order valence-electron chi connectivity index (χ4n) is 1.27. The lowest BCUT2D eigenvalue weighted by Gasteiger charge is -2.03. The first kappa shape index (κ1) is 9.21. The van der Waals surface area contributed by atoms with Crippen LogP contribution in [-0.2, 0) is 0 Å². The van der Waals surface area contributed by atoms with E-state index in [1.807, 2.05) is 19.2 Å². The molecular formula is C9H10N4S. The lowest BCUT2D eigenvalue weighted by molar-refractivity contribution is 1.07. The average molecular weight is 206 g/mol. The van der Waals surface area contributed by atoms with Gasteiger partial charge in [0.25, 0.3) is 0 Å². The van der Waals surface area contributed by atoms with Crippen LogP contribution in [0, 0.1) is 6.92 Å². The van der Waals surface area contributed by atoms with E-state index in [9.17, 15) is 0 Å². The summed E-state index contributed by atoms with van der Waals surface area (Å²) in [5.74, 6) is 1.19. The maximum absolute atomic E-state index is 5.79. The van der Waals surface area contributed by atoms with Crippen molar-refractivity contribution in [2.75, 3.05) is 12.0 Å². The van der Waals surface area contributed by atoms with E-state index in [1.54, 1.807) is 18.0 Å². The van der Waals surface area contributed by atoms with Crippen LogP contribution in [0.15, 0.2) is 17.3 Å². The molecule has 0 spiro atoms. The van der Waals surface area contributed by atoms with E-state index in [1.165, 1.54) is 0 Å². The Kier molecular flexibility index (Phi) is 2.25. The van der Waals surface area contributed by atoms with Gasteiger partial charge in [0.05, 0.1) is 16.7 Å². The van der Waals surface area contributed by atoms with Gasteiger partial charge in [0.15, 0.2) is 0 Å². The molecule has 72 valence electrons. The molecule has 0 bridgehead atoms. The van der Waals surface area contributed by atoms with Crippen LogP contribution in [-0.4, -0.2) is 21.2 Å². The summed E-state index contributed by atoms with van der Waals surface area (Å²) in [6.07, 6.45) is 3.70. The molecule has 0 aliphatic rings. The fourth-order valence-corrected chi connectivity index (χ4v) is 1.66. The molecule has 0 atom stereocenters. The van der Waals surface area contributed by atoms with Crippen LogP contribution in [0.3, 0.4) is 0 Å². The molecule has 2 rings (SSSR count). The van der Waals surface area contributed by atoms with E-state index in [-0.39, 0.29) is 0 Å². The topological polar surface area (TPSA) is 64.7 Å². The smallest absolute Gasteiger partial charge is 0.135 e. The normalized spacial score (nSPS) is 10.7. The summed E-state index contributed by atoms with van der Waals surface area (Å²) < 4.78 is 0. The standard InChI is InChI=1S/C9H10N4S/c1-5-12-7-4-11-8(14-2)3-6(7)9(10)13-5/h3-4H,1-2H3,(H2,10,12,13). The van der Waals surface area contributed by atoms with Crippen molar-refractivity contribution >= 4 is 28.5 Å². The predicted octanol–water partition coefficient (Wildman–Crippen LogP) is 1.64. The molecule has 2 heterocycles. The zero-order valence-electron chi connectivity index (χ0n) is 7.98. The van der Waals surface area contributed by atoms with E-state index in [2.05, 4.69) is 15.0 Å². The minimum atomic E-state index is 0.519. The molecule has 0 aliphatic carbocycles. The number of nitrogens with zero attached hydrogens (tertiary/aromatic N) is 3. The molecule has 4 nitrogen and oxygen atoms in total. The third kappa shape index (κ3) is 1.50. The molecule has 0 saturated carbocycles. The van der Waals surface area contributed by atoms with Crippen molar-refractivity contribution in [3.63, 3.8) is 0 Å². The summed E-state index contributed by atoms with van der Waals surface area (Å²) in [6.45, 7) is 1.82. The highest BCUT2D eigenvalue weighted by Crippen LogP contribution is 2.21. The molecule has 2 N–H and O–H groups in total. The maximum atomic E-state index is 5.79. The van der Waals surface area contributed by atoms with Crippen molar-refractivity contribution in [3.8, 4) is 0 Å². The van der Waals surface area contributed by atoms with Crippen molar-refractivity contribution in [2.45, 2.75) is 11.9 Å². The van der Waals surface area contributed by atoms with Crippen molar-refractivity contribution in [3.05, 3.63) is 18.1 Å². The number of pyridine rings is 1. The number of hydrogen-bond acceptors (Lipinski definition) is 5. The first-order chi connectivity index (χ1) is 6.70. The Labute approximate surface area is 86.0 Å². The zero-order valence-corrected chi connectivity index (χ0v) is 8.80. The summed E-state index contributed by atoms with van der Waals surface area (Å²) in [6, 6.07) is 1.91. The van der Waals surface area contributed by atoms with Crippen molar-refractivity contribution in [2.24, 2.45) is 0 Å². The van der Waals surface area contributed by atoms with E-state index in [0.29, 0.717) is 11.6 Å². The predicted molar refractivity (Wildman–Crippen MR) is 58.3 cm³/mol. The second-order valence-electron chi connectivity index (χ2n) is 2.90. The van der Waals surface area contributed by atoms with Crippen LogP contribution in [0.2, 0.25) is 0 Å². The van der Waals surface area contributed by atoms with Gasteiger partial charge in [-0.3, -0.25) is 0 Å². The van der Waals surface area contributed by atoms with Gasteiger partial charge in [-0.25, -0.2) is 15.0 Å². The van der Waals surface area contributed by atoms with E-state index in [0.717, 1.165) is 15.9 Å². The molecule has 2 aromatic heterocycles. The monoisotopic (exact) mass is 206 g/mol. The quantitative estimate of drug-likeness (QED) is 0.718. The SMILES string of the molecule is CSc1cc2c(N)nc(C)nc2cn1. The van der Waals surface area contributed by atoms with Crippen LogP contribution < -0.4 is 5.73 Å². The number of anilines is 1. The number of fused-ring (bicyclic) bond motifs is 1. The molecule has 0 fully saturated rings. The van der Waals surface area contributed by atoms with Gasteiger partial charge < -0.3 is 5.73 Å². The number of nitrogens with two attached hydrogens (primary N) is 1. The van der Waals surface area contributed by atoms with Gasteiger partial charge in [-0.2, -0.15) is 0 Å². The Morgan fingerprint density at radius 1 is 1.36 bits per heavy atom. The Balaban J connectivity index is 2.75. The third-order valence-corrected chi connectivity index (χ3v) is 2.55. The molecule has 5 heteroatoms. The van der Waals surface area contributed by atoms with Gasteiger partial charge in [-0.1, -0.05) is 0 Å². The molecule has 0 aromatic carbocycles. The van der Waals surface area contributed by atoms with Gasteiger partial charge in [-0.05, 0) is 19.2 Å². The number of thioether (sulfide) groups is 1. The Morgan fingerprint density at radius 2 is 2.14 bits per heavy atom. The van der Waals surface area contributed by atoms with Crippen LogP contribution in [0.25, 0.3) is 10.9 Å². The Morgan fingerprint density at radius 3 is 2.86 bits per heavy atom. The minimum absolute atomic E-state index is 0.519. The lowest BCUT2D eigenvalue weighted by Crippen LogP contribution is -1.98. The van der Waals surface area contributed by atoms with Crippen LogP contribution >= 0.6 is 11.8 Å². The number of hydrogen-bond donors (Lipinski definition) is 1. The van der Waals surface area contributed by atoms with Gasteiger partial charge in [-0.15, -0.1) is 11.8 Å². The van der Waals surface area contributed by atoms with E-state index in [4.69, 9.17) is 5.73 Å². The zero-order chi connectivity index (χ0) is 10.1. The number of aryl methyl sites for hydroxylation is 1. The number of aromatic nitrogens is 3. The molecule has 2 aromatic rings. The highest BCUT2D eigenvalue weighted by molar-refractivity contribution is 7.98. The van der Waals surface area contributed by atoms with Crippen molar-refractivity contribution < 1.29 is 0 Å². The Bertz CT molecular complexity index is 483. The van der Waals surface area contributed by atoms with Crippen LogP contribution in [0.5, 0.6) is 0 Å². The Hall–Kier alpha value is -1.36. The summed E-state index contributed by atoms with van der Waals surface area (Å²) >= 11 is 1.57. The summed E-state index contributed by atoms with van der Waals surface area (Å²) in [7, 11) is 0. The first-order valence-electron chi connectivity index (χ1n) is 4.14.